The molecule has 1 heterocycles. The van der Waals surface area contributed by atoms with Crippen molar-refractivity contribution in [2.45, 2.75) is 32.6 Å². The van der Waals surface area contributed by atoms with E-state index in [4.69, 9.17) is 4.74 Å². The van der Waals surface area contributed by atoms with Gasteiger partial charge in [0.25, 0.3) is 5.91 Å². The van der Waals surface area contributed by atoms with Crippen molar-refractivity contribution in [1.82, 2.24) is 15.3 Å². The number of anilines is 1. The van der Waals surface area contributed by atoms with E-state index in [0.29, 0.717) is 24.8 Å². The second-order valence-corrected chi connectivity index (χ2v) is 4.50. The molecule has 0 unspecified atom stereocenters. The van der Waals surface area contributed by atoms with Crippen molar-refractivity contribution >= 4 is 11.9 Å². The third-order valence-electron chi connectivity index (χ3n) is 2.76. The molecule has 0 bridgehead atoms. The lowest BCUT2D eigenvalue weighted by atomic mass is 10.2. The number of aromatic nitrogens is 2. The number of amides is 1. The van der Waals surface area contributed by atoms with E-state index >= 15 is 0 Å². The molecule has 0 atom stereocenters. The van der Waals surface area contributed by atoms with Crippen LogP contribution in [0.2, 0.25) is 0 Å². The van der Waals surface area contributed by atoms with E-state index in [0.717, 1.165) is 19.4 Å². The van der Waals surface area contributed by atoms with Crippen LogP contribution in [0.5, 0.6) is 0 Å². The number of hydrogen-bond donors (Lipinski definition) is 2. The molecule has 1 rings (SSSR count). The van der Waals surface area contributed by atoms with Crippen molar-refractivity contribution in [3.05, 3.63) is 18.0 Å². The van der Waals surface area contributed by atoms with E-state index in [1.165, 1.54) is 12.8 Å². The maximum Gasteiger partial charge on any atom is 0.270 e. The van der Waals surface area contributed by atoms with E-state index in [-0.39, 0.29) is 5.91 Å². The Labute approximate surface area is 120 Å². The number of nitrogens with one attached hydrogen (secondary N) is 2. The van der Waals surface area contributed by atoms with Crippen molar-refractivity contribution < 1.29 is 9.53 Å². The maximum atomic E-state index is 11.9. The molecule has 0 aliphatic carbocycles. The highest BCUT2D eigenvalue weighted by molar-refractivity contribution is 5.92. The predicted octanol–water partition coefficient (Wildman–Crippen LogP) is 1.84. The third kappa shape index (κ3) is 6.47. The molecule has 112 valence electrons. The van der Waals surface area contributed by atoms with Crippen molar-refractivity contribution in [1.29, 1.82) is 0 Å². The molecule has 1 aromatic rings. The average Bonchev–Trinajstić information content (AvgIpc) is 2.48. The fourth-order valence-corrected chi connectivity index (χ4v) is 1.65. The number of unbranched alkanes of at least 4 members (excludes halogenated alkanes) is 2. The topological polar surface area (TPSA) is 76.1 Å². The molecular weight excluding hydrogens is 256 g/mol. The zero-order valence-corrected chi connectivity index (χ0v) is 12.3. The number of methoxy groups -OCH3 is 1. The first-order valence-electron chi connectivity index (χ1n) is 7.12. The van der Waals surface area contributed by atoms with Crippen molar-refractivity contribution in [2.24, 2.45) is 0 Å². The lowest BCUT2D eigenvalue weighted by Crippen LogP contribution is -2.26. The van der Waals surface area contributed by atoms with Gasteiger partial charge >= 0.3 is 0 Å². The number of ether oxygens (including phenoxy) is 1. The minimum atomic E-state index is -0.180. The van der Waals surface area contributed by atoms with Crippen LogP contribution in [0.15, 0.2) is 12.3 Å². The van der Waals surface area contributed by atoms with Crippen LogP contribution < -0.4 is 10.6 Å². The van der Waals surface area contributed by atoms with Gasteiger partial charge in [-0.25, -0.2) is 9.97 Å². The summed E-state index contributed by atoms with van der Waals surface area (Å²) >= 11 is 0. The minimum absolute atomic E-state index is 0.180. The highest BCUT2D eigenvalue weighted by atomic mass is 16.5. The number of nitrogens with zero attached hydrogens (tertiary/aromatic N) is 2. The Hall–Kier alpha value is -1.69. The number of hydrogen-bond acceptors (Lipinski definition) is 5. The minimum Gasteiger partial charge on any atom is -0.385 e. The van der Waals surface area contributed by atoms with Crippen LogP contribution in [0, 0.1) is 0 Å². The highest BCUT2D eigenvalue weighted by Crippen LogP contribution is 2.02. The van der Waals surface area contributed by atoms with E-state index in [1.54, 1.807) is 19.4 Å². The van der Waals surface area contributed by atoms with Crippen LogP contribution in [-0.2, 0) is 4.74 Å². The first-order valence-corrected chi connectivity index (χ1v) is 7.12. The van der Waals surface area contributed by atoms with E-state index in [9.17, 15) is 4.79 Å². The van der Waals surface area contributed by atoms with Gasteiger partial charge in [-0.15, -0.1) is 0 Å². The molecule has 0 saturated heterocycles. The van der Waals surface area contributed by atoms with Gasteiger partial charge in [-0.2, -0.15) is 0 Å². The summed E-state index contributed by atoms with van der Waals surface area (Å²) in [6.07, 6.45) is 5.81. The number of carbonyl (C=O) groups excluding carboxylic acids is 1. The van der Waals surface area contributed by atoms with Crippen LogP contribution in [0.3, 0.4) is 0 Å². The fourth-order valence-electron chi connectivity index (χ4n) is 1.65. The summed E-state index contributed by atoms with van der Waals surface area (Å²) in [7, 11) is 1.64. The molecule has 0 aromatic carbocycles. The Morgan fingerprint density at radius 3 is 2.90 bits per heavy atom. The predicted molar refractivity (Wildman–Crippen MR) is 78.9 cm³/mol. The van der Waals surface area contributed by atoms with Gasteiger partial charge in [0.05, 0.1) is 0 Å². The Morgan fingerprint density at radius 2 is 2.15 bits per heavy atom. The fraction of sp³-hybridized carbons (Fsp3) is 0.643. The lowest BCUT2D eigenvalue weighted by molar-refractivity contribution is 0.0943. The van der Waals surface area contributed by atoms with Gasteiger partial charge in [0.15, 0.2) is 0 Å². The van der Waals surface area contributed by atoms with Gasteiger partial charge in [-0.05, 0) is 18.9 Å². The van der Waals surface area contributed by atoms with Gasteiger partial charge < -0.3 is 15.4 Å². The van der Waals surface area contributed by atoms with Crippen LogP contribution in [0.4, 0.5) is 5.95 Å². The van der Waals surface area contributed by atoms with E-state index in [1.807, 2.05) is 0 Å². The van der Waals surface area contributed by atoms with Crippen LogP contribution in [0.1, 0.15) is 43.1 Å². The molecule has 1 amide bonds. The molecule has 1 aromatic heterocycles. The maximum absolute atomic E-state index is 11.9. The van der Waals surface area contributed by atoms with Crippen LogP contribution >= 0.6 is 0 Å². The molecule has 0 saturated carbocycles. The zero-order valence-electron chi connectivity index (χ0n) is 12.3. The van der Waals surface area contributed by atoms with Gasteiger partial charge in [0.2, 0.25) is 5.95 Å². The van der Waals surface area contributed by atoms with Gasteiger partial charge in [0, 0.05) is 33.0 Å². The SMILES string of the molecule is CCCCCNc1nccc(C(=O)NCCCOC)n1. The Kier molecular flexibility index (Phi) is 8.30. The van der Waals surface area contributed by atoms with Crippen molar-refractivity contribution in [3.63, 3.8) is 0 Å². The Balaban J connectivity index is 2.39. The highest BCUT2D eigenvalue weighted by Gasteiger charge is 2.07. The molecule has 0 radical (unpaired) electrons. The van der Waals surface area contributed by atoms with Crippen LogP contribution in [0.25, 0.3) is 0 Å². The molecule has 0 fully saturated rings. The summed E-state index contributed by atoms with van der Waals surface area (Å²) in [5.41, 5.74) is 0.385. The zero-order chi connectivity index (χ0) is 14.6. The summed E-state index contributed by atoms with van der Waals surface area (Å²) in [6.45, 7) is 4.20. The molecule has 6 nitrogen and oxygen atoms in total. The molecule has 0 aliphatic heterocycles. The monoisotopic (exact) mass is 280 g/mol. The van der Waals surface area contributed by atoms with Crippen molar-refractivity contribution in [2.75, 3.05) is 32.1 Å². The molecule has 6 heteroatoms. The molecule has 0 spiro atoms. The largest absolute Gasteiger partial charge is 0.385 e. The first-order chi connectivity index (χ1) is 9.77. The first kappa shape index (κ1) is 16.4. The van der Waals surface area contributed by atoms with E-state index < -0.39 is 0 Å². The summed E-state index contributed by atoms with van der Waals surface area (Å²) < 4.78 is 4.93. The van der Waals surface area contributed by atoms with Crippen molar-refractivity contribution in [3.8, 4) is 0 Å². The Bertz CT molecular complexity index is 399. The summed E-state index contributed by atoms with van der Waals surface area (Å²) in [4.78, 5) is 20.2. The van der Waals surface area contributed by atoms with Crippen LogP contribution in [-0.4, -0.2) is 42.7 Å². The smallest absolute Gasteiger partial charge is 0.270 e. The molecule has 0 aliphatic rings. The second-order valence-electron chi connectivity index (χ2n) is 4.50. The quantitative estimate of drug-likeness (QED) is 0.640. The molecule has 20 heavy (non-hydrogen) atoms. The third-order valence-corrected chi connectivity index (χ3v) is 2.76. The summed E-state index contributed by atoms with van der Waals surface area (Å²) in [5.74, 6) is 0.325. The molecule has 2 N–H and O–H groups in total. The Morgan fingerprint density at radius 1 is 1.30 bits per heavy atom. The number of rotatable bonds is 10. The van der Waals surface area contributed by atoms with Gasteiger partial charge in [-0.1, -0.05) is 19.8 Å². The summed E-state index contributed by atoms with van der Waals surface area (Å²) in [6, 6.07) is 1.61. The average molecular weight is 280 g/mol. The lowest BCUT2D eigenvalue weighted by Gasteiger charge is -2.07. The van der Waals surface area contributed by atoms with Gasteiger partial charge in [-0.3, -0.25) is 4.79 Å². The second kappa shape index (κ2) is 10.1. The standard InChI is InChI=1S/C14H24N4O2/c1-3-4-5-8-16-14-17-10-7-12(18-14)13(19)15-9-6-11-20-2/h7,10H,3-6,8-9,11H2,1-2H3,(H,15,19)(H,16,17,18). The van der Waals surface area contributed by atoms with E-state index in [2.05, 4.69) is 27.5 Å². The normalized spacial score (nSPS) is 10.3. The summed E-state index contributed by atoms with van der Waals surface area (Å²) in [5, 5.41) is 5.93. The molecular formula is C14H24N4O2. The number of carbonyl (C=O) groups is 1. The van der Waals surface area contributed by atoms with Gasteiger partial charge in [0.1, 0.15) is 5.69 Å².